The first-order chi connectivity index (χ1) is 11.4. The number of rotatable bonds is 8. The maximum Gasteiger partial charge on any atom is 0.191 e. The summed E-state index contributed by atoms with van der Waals surface area (Å²) in [5.41, 5.74) is 1.34. The van der Waals surface area contributed by atoms with E-state index in [2.05, 4.69) is 41.0 Å². The molecule has 122 valence electrons. The molecule has 0 radical (unpaired) electrons. The number of aliphatic imine (C=N–C) groups is 1. The molecule has 2 N–H and O–H groups in total. The van der Waals surface area contributed by atoms with Gasteiger partial charge in [0, 0.05) is 26.1 Å². The lowest BCUT2D eigenvalue weighted by atomic mass is 10.1. The van der Waals surface area contributed by atoms with E-state index in [0.717, 1.165) is 50.1 Å². The predicted molar refractivity (Wildman–Crippen MR) is 93.6 cm³/mol. The van der Waals surface area contributed by atoms with Crippen LogP contribution in [0, 0.1) is 5.92 Å². The number of hydrogen-bond donors (Lipinski definition) is 2. The summed E-state index contributed by atoms with van der Waals surface area (Å²) in [7, 11) is 0. The monoisotopic (exact) mass is 311 g/mol. The third-order valence-corrected chi connectivity index (χ3v) is 4.00. The van der Waals surface area contributed by atoms with E-state index in [4.69, 9.17) is 9.41 Å². The van der Waals surface area contributed by atoms with Gasteiger partial charge in [-0.1, -0.05) is 30.3 Å². The van der Waals surface area contributed by atoms with Crippen LogP contribution < -0.4 is 10.6 Å². The zero-order valence-corrected chi connectivity index (χ0v) is 13.5. The highest BCUT2D eigenvalue weighted by atomic mass is 16.3. The van der Waals surface area contributed by atoms with Crippen molar-refractivity contribution in [3.05, 3.63) is 60.1 Å². The Bertz CT molecular complexity index is 588. The Morgan fingerprint density at radius 1 is 1.00 bits per heavy atom. The Morgan fingerprint density at radius 2 is 1.78 bits per heavy atom. The summed E-state index contributed by atoms with van der Waals surface area (Å²) in [4.78, 5) is 4.70. The molecular formula is C19H25N3O. The van der Waals surface area contributed by atoms with Crippen LogP contribution in [0.15, 0.2) is 58.1 Å². The Hall–Kier alpha value is -2.23. The van der Waals surface area contributed by atoms with Crippen LogP contribution in [0.3, 0.4) is 0 Å². The first-order valence-electron chi connectivity index (χ1n) is 8.48. The smallest absolute Gasteiger partial charge is 0.191 e. The lowest BCUT2D eigenvalue weighted by molar-refractivity contribution is 0.506. The average Bonchev–Trinajstić information content (AvgIpc) is 3.27. The van der Waals surface area contributed by atoms with E-state index in [1.807, 2.05) is 12.1 Å². The minimum atomic E-state index is 0.799. The van der Waals surface area contributed by atoms with Crippen molar-refractivity contribution in [2.45, 2.75) is 25.7 Å². The number of nitrogens with one attached hydrogen (secondary N) is 2. The predicted octanol–water partition coefficient (Wildman–Crippen LogP) is 3.01. The van der Waals surface area contributed by atoms with Crippen molar-refractivity contribution in [2.24, 2.45) is 10.9 Å². The van der Waals surface area contributed by atoms with E-state index in [-0.39, 0.29) is 0 Å². The molecule has 0 atom stereocenters. The molecule has 4 heteroatoms. The molecule has 1 aliphatic carbocycles. The lowest BCUT2D eigenvalue weighted by Gasteiger charge is -2.12. The first-order valence-corrected chi connectivity index (χ1v) is 8.48. The molecule has 0 bridgehead atoms. The van der Waals surface area contributed by atoms with Gasteiger partial charge in [0.2, 0.25) is 0 Å². The highest BCUT2D eigenvalue weighted by molar-refractivity contribution is 5.79. The highest BCUT2D eigenvalue weighted by Gasteiger charge is 2.20. The molecule has 0 amide bonds. The quantitative estimate of drug-likeness (QED) is 0.582. The number of nitrogens with zero attached hydrogens (tertiary/aromatic N) is 1. The van der Waals surface area contributed by atoms with Crippen LogP contribution in [0.4, 0.5) is 0 Å². The zero-order valence-electron chi connectivity index (χ0n) is 13.5. The van der Waals surface area contributed by atoms with Crippen LogP contribution in [-0.4, -0.2) is 25.6 Å². The summed E-state index contributed by atoms with van der Waals surface area (Å²) in [5, 5.41) is 6.85. The van der Waals surface area contributed by atoms with Crippen molar-refractivity contribution in [3.63, 3.8) is 0 Å². The van der Waals surface area contributed by atoms with E-state index in [0.29, 0.717) is 0 Å². The molecule has 1 saturated carbocycles. The van der Waals surface area contributed by atoms with Crippen LogP contribution in [0.25, 0.3) is 0 Å². The second-order valence-electron chi connectivity index (χ2n) is 6.05. The Morgan fingerprint density at radius 3 is 2.48 bits per heavy atom. The Kier molecular flexibility index (Phi) is 5.73. The molecule has 4 nitrogen and oxygen atoms in total. The summed E-state index contributed by atoms with van der Waals surface area (Å²) < 4.78 is 5.36. The van der Waals surface area contributed by atoms with Crippen LogP contribution in [0.1, 0.15) is 24.2 Å². The maximum absolute atomic E-state index is 5.36. The SMILES string of the molecule is c1ccc(CCNC(=NCC2CC2)NCCc2ccco2)cc1. The second kappa shape index (κ2) is 8.42. The van der Waals surface area contributed by atoms with E-state index >= 15 is 0 Å². The number of benzene rings is 1. The van der Waals surface area contributed by atoms with Crippen LogP contribution in [0.2, 0.25) is 0 Å². The zero-order chi connectivity index (χ0) is 15.7. The summed E-state index contributed by atoms with van der Waals surface area (Å²) in [6.07, 6.45) is 6.24. The summed E-state index contributed by atoms with van der Waals surface area (Å²) >= 11 is 0. The standard InChI is InChI=1S/C19H25N3O/c1-2-5-16(6-3-1)10-12-20-19(22-15-17-8-9-17)21-13-11-18-7-4-14-23-18/h1-7,14,17H,8-13,15H2,(H2,20,21,22). The van der Waals surface area contributed by atoms with Gasteiger partial charge in [-0.3, -0.25) is 4.99 Å². The van der Waals surface area contributed by atoms with Crippen LogP contribution in [0.5, 0.6) is 0 Å². The van der Waals surface area contributed by atoms with E-state index < -0.39 is 0 Å². The van der Waals surface area contributed by atoms with Crippen LogP contribution in [-0.2, 0) is 12.8 Å². The Balaban J connectivity index is 1.43. The third kappa shape index (κ3) is 5.81. The van der Waals surface area contributed by atoms with Gasteiger partial charge in [0.25, 0.3) is 0 Å². The van der Waals surface area contributed by atoms with E-state index in [9.17, 15) is 0 Å². The molecule has 1 aromatic heterocycles. The minimum Gasteiger partial charge on any atom is -0.469 e. The average molecular weight is 311 g/mol. The normalized spacial score (nSPS) is 14.7. The number of furan rings is 1. The molecule has 0 saturated heterocycles. The number of hydrogen-bond acceptors (Lipinski definition) is 2. The molecule has 1 heterocycles. The molecule has 0 spiro atoms. The molecule has 2 aromatic rings. The van der Waals surface area contributed by atoms with Gasteiger partial charge in [0.1, 0.15) is 5.76 Å². The van der Waals surface area contributed by atoms with Gasteiger partial charge < -0.3 is 15.1 Å². The minimum absolute atomic E-state index is 0.799. The van der Waals surface area contributed by atoms with Gasteiger partial charge in [-0.05, 0) is 42.9 Å². The molecule has 1 aliphatic rings. The lowest BCUT2D eigenvalue weighted by Crippen LogP contribution is -2.39. The first kappa shape index (κ1) is 15.7. The fourth-order valence-electron chi connectivity index (χ4n) is 2.42. The van der Waals surface area contributed by atoms with Gasteiger partial charge in [0.15, 0.2) is 5.96 Å². The summed E-state index contributed by atoms with van der Waals surface area (Å²) in [5.74, 6) is 2.72. The maximum atomic E-state index is 5.36. The van der Waals surface area contributed by atoms with Crippen molar-refractivity contribution in [1.29, 1.82) is 0 Å². The van der Waals surface area contributed by atoms with Crippen LogP contribution >= 0.6 is 0 Å². The summed E-state index contributed by atoms with van der Waals surface area (Å²) in [6, 6.07) is 14.5. The van der Waals surface area contributed by atoms with Crippen molar-refractivity contribution in [2.75, 3.05) is 19.6 Å². The van der Waals surface area contributed by atoms with Crippen molar-refractivity contribution >= 4 is 5.96 Å². The molecule has 23 heavy (non-hydrogen) atoms. The molecule has 3 rings (SSSR count). The van der Waals surface area contributed by atoms with Gasteiger partial charge in [-0.25, -0.2) is 0 Å². The molecule has 0 unspecified atom stereocenters. The molecule has 1 aromatic carbocycles. The topological polar surface area (TPSA) is 49.6 Å². The van der Waals surface area contributed by atoms with Gasteiger partial charge in [-0.15, -0.1) is 0 Å². The van der Waals surface area contributed by atoms with Gasteiger partial charge in [-0.2, -0.15) is 0 Å². The van der Waals surface area contributed by atoms with Crippen molar-refractivity contribution in [1.82, 2.24) is 10.6 Å². The van der Waals surface area contributed by atoms with Crippen molar-refractivity contribution < 1.29 is 4.42 Å². The molecule has 0 aliphatic heterocycles. The van der Waals surface area contributed by atoms with E-state index in [1.54, 1.807) is 6.26 Å². The fraction of sp³-hybridized carbons (Fsp3) is 0.421. The largest absolute Gasteiger partial charge is 0.469 e. The summed E-state index contributed by atoms with van der Waals surface area (Å²) in [6.45, 7) is 2.65. The van der Waals surface area contributed by atoms with Gasteiger partial charge in [0.05, 0.1) is 6.26 Å². The van der Waals surface area contributed by atoms with E-state index in [1.165, 1.54) is 18.4 Å². The highest BCUT2D eigenvalue weighted by Crippen LogP contribution is 2.28. The second-order valence-corrected chi connectivity index (χ2v) is 6.05. The Labute approximate surface area is 138 Å². The van der Waals surface area contributed by atoms with Gasteiger partial charge >= 0.3 is 0 Å². The third-order valence-electron chi connectivity index (χ3n) is 4.00. The molecule has 1 fully saturated rings. The molecular weight excluding hydrogens is 286 g/mol. The van der Waals surface area contributed by atoms with Crippen molar-refractivity contribution in [3.8, 4) is 0 Å². The fourth-order valence-corrected chi connectivity index (χ4v) is 2.42. The number of guanidine groups is 1.